The van der Waals surface area contributed by atoms with E-state index in [0.29, 0.717) is 32.1 Å². The maximum absolute atomic E-state index is 14.7. The summed E-state index contributed by atoms with van der Waals surface area (Å²) < 4.78 is 5.90. The van der Waals surface area contributed by atoms with Gasteiger partial charge in [0.15, 0.2) is 0 Å². The molecule has 0 spiro atoms. The largest absolute Gasteiger partial charge is 0.458 e. The van der Waals surface area contributed by atoms with Gasteiger partial charge in [0.1, 0.15) is 42.4 Å². The minimum atomic E-state index is -1.56. The van der Waals surface area contributed by atoms with Gasteiger partial charge in [-0.3, -0.25) is 28.8 Å². The Labute approximate surface area is 332 Å². The summed E-state index contributed by atoms with van der Waals surface area (Å²) in [4.78, 5) is 102. The van der Waals surface area contributed by atoms with Gasteiger partial charge in [-0.1, -0.05) is 59.7 Å². The number of carbonyl (C=O) groups excluding carboxylic acids is 7. The summed E-state index contributed by atoms with van der Waals surface area (Å²) in [6.45, 7) is 7.07. The number of nitrogens with zero attached hydrogens (tertiary/aromatic N) is 3. The van der Waals surface area contributed by atoms with E-state index in [1.54, 1.807) is 0 Å². The van der Waals surface area contributed by atoms with E-state index in [1.807, 2.05) is 62.4 Å². The molecule has 0 bridgehead atoms. The zero-order valence-corrected chi connectivity index (χ0v) is 33.1. The zero-order valence-electron chi connectivity index (χ0n) is 33.1. The van der Waals surface area contributed by atoms with Crippen LogP contribution in [-0.4, -0.2) is 129 Å². The lowest BCUT2D eigenvalue weighted by molar-refractivity contribution is -0.163. The average molecular weight is 787 g/mol. The minimum Gasteiger partial charge on any atom is -0.458 e. The Morgan fingerprint density at radius 3 is 2.26 bits per heavy atom. The van der Waals surface area contributed by atoms with Gasteiger partial charge in [-0.25, -0.2) is 4.79 Å². The molecule has 306 valence electrons. The first-order valence-electron chi connectivity index (χ1n) is 20.0. The third-order valence-electron chi connectivity index (χ3n) is 11.5. The summed E-state index contributed by atoms with van der Waals surface area (Å²) in [5.41, 5.74) is 3.47. The van der Waals surface area contributed by atoms with Gasteiger partial charge in [0, 0.05) is 32.5 Å². The number of ether oxygens (including phenoxy) is 1. The molecule has 4 aliphatic heterocycles. The standard InChI is InChI=1S/C42H54N6O9/c1-24-13-15-28(16-14-24)21-35(50)44-31(20-29-10-7-9-25(2)19-29)37(51)45-36-27(4)57-42(56)33-12-8-18-47(33)39(53)26(3)43-38(52)32-11-5-6-17-46(32)40(54)34-22-30(49)23-48(34)41(36)55/h7,9-10,13-16,19,26-27,30-34,36,49H,5-6,8,11-12,17-18,20-23H2,1-4H3,(H,43,52)(H,44,50)(H,45,51)/t26-,27-,30+,31-,32-,33-,34-,36-/m0/s1. The Balaban J connectivity index is 1.33. The molecule has 4 fully saturated rings. The van der Waals surface area contributed by atoms with Crippen LogP contribution < -0.4 is 16.0 Å². The van der Waals surface area contributed by atoms with Gasteiger partial charge >= 0.3 is 5.97 Å². The van der Waals surface area contributed by atoms with Crippen molar-refractivity contribution in [2.24, 2.45) is 0 Å². The van der Waals surface area contributed by atoms with Crippen LogP contribution in [0.5, 0.6) is 0 Å². The number of esters is 1. The van der Waals surface area contributed by atoms with Crippen molar-refractivity contribution in [1.29, 1.82) is 0 Å². The number of nitrogens with one attached hydrogen (secondary N) is 3. The highest BCUT2D eigenvalue weighted by atomic mass is 16.5. The summed E-state index contributed by atoms with van der Waals surface area (Å²) in [7, 11) is 0. The number of fused-ring (bicyclic) bond motifs is 3. The number of hydrogen-bond acceptors (Lipinski definition) is 9. The van der Waals surface area contributed by atoms with Gasteiger partial charge in [0.2, 0.25) is 35.4 Å². The van der Waals surface area contributed by atoms with Crippen LogP contribution in [0, 0.1) is 13.8 Å². The molecule has 4 saturated heterocycles. The molecule has 15 nitrogen and oxygen atoms in total. The highest BCUT2D eigenvalue weighted by Gasteiger charge is 2.48. The molecule has 2 aromatic rings. The number of carbonyl (C=O) groups is 7. The molecule has 6 amide bonds. The fourth-order valence-electron chi connectivity index (χ4n) is 8.41. The van der Waals surface area contributed by atoms with Gasteiger partial charge in [0.25, 0.3) is 0 Å². The van der Waals surface area contributed by atoms with Gasteiger partial charge in [0.05, 0.1) is 12.5 Å². The van der Waals surface area contributed by atoms with E-state index < -0.39 is 89.9 Å². The van der Waals surface area contributed by atoms with Crippen LogP contribution in [0.25, 0.3) is 0 Å². The van der Waals surface area contributed by atoms with Crippen LogP contribution in [0.1, 0.15) is 74.6 Å². The van der Waals surface area contributed by atoms with E-state index in [2.05, 4.69) is 16.0 Å². The maximum Gasteiger partial charge on any atom is 0.329 e. The number of cyclic esters (lactones) is 1. The molecule has 0 aliphatic carbocycles. The molecule has 6 rings (SSSR count). The van der Waals surface area contributed by atoms with Crippen LogP contribution in [0.3, 0.4) is 0 Å². The Kier molecular flexibility index (Phi) is 13.0. The van der Waals surface area contributed by atoms with E-state index in [0.717, 1.165) is 22.3 Å². The number of aryl methyl sites for hydroxylation is 2. The first-order chi connectivity index (χ1) is 27.2. The zero-order chi connectivity index (χ0) is 41.0. The fourth-order valence-corrected chi connectivity index (χ4v) is 8.41. The summed E-state index contributed by atoms with van der Waals surface area (Å²) in [5, 5.41) is 19.2. The third kappa shape index (κ3) is 9.63. The van der Waals surface area contributed by atoms with Crippen molar-refractivity contribution < 1.29 is 43.4 Å². The lowest BCUT2D eigenvalue weighted by atomic mass is 9.98. The first kappa shape index (κ1) is 41.3. The molecular weight excluding hydrogens is 732 g/mol. The molecule has 4 N–H and O–H groups in total. The minimum absolute atomic E-state index is 0.00550. The maximum atomic E-state index is 14.7. The van der Waals surface area contributed by atoms with Crippen LogP contribution >= 0.6 is 0 Å². The topological polar surface area (TPSA) is 195 Å². The molecule has 4 heterocycles. The van der Waals surface area contributed by atoms with E-state index in [9.17, 15) is 38.7 Å². The van der Waals surface area contributed by atoms with Crippen LogP contribution in [0.15, 0.2) is 48.5 Å². The summed E-state index contributed by atoms with van der Waals surface area (Å²) in [5.74, 6) is -4.27. The third-order valence-corrected chi connectivity index (χ3v) is 11.5. The molecular formula is C42H54N6O9. The van der Waals surface area contributed by atoms with Crippen molar-refractivity contribution in [3.05, 3.63) is 70.8 Å². The Morgan fingerprint density at radius 1 is 0.825 bits per heavy atom. The quantitative estimate of drug-likeness (QED) is 0.295. The smallest absolute Gasteiger partial charge is 0.329 e. The fraction of sp³-hybridized carbons (Fsp3) is 0.548. The highest BCUT2D eigenvalue weighted by molar-refractivity contribution is 5.98. The Hall–Kier alpha value is -5.31. The number of benzene rings is 2. The van der Waals surface area contributed by atoms with Crippen molar-refractivity contribution in [3.8, 4) is 0 Å². The molecule has 15 heteroatoms. The Morgan fingerprint density at radius 2 is 1.53 bits per heavy atom. The van der Waals surface area contributed by atoms with Crippen LogP contribution in [0.2, 0.25) is 0 Å². The van der Waals surface area contributed by atoms with E-state index in [1.165, 1.54) is 28.5 Å². The van der Waals surface area contributed by atoms with Crippen molar-refractivity contribution in [3.63, 3.8) is 0 Å². The second kappa shape index (κ2) is 17.9. The number of piperidine rings is 1. The number of hydrogen-bond donors (Lipinski definition) is 4. The highest BCUT2D eigenvalue weighted by Crippen LogP contribution is 2.28. The SMILES string of the molecule is Cc1ccc(CC(=O)N[C@@H](Cc2cccc(C)c2)C(=O)N[C@@H]2C(=O)N3C[C@H](O)C[C@H]3C(=O)N3CCCC[C@H]3C(=O)N[C@@H](C)C(=O)N3CCC[C@H]3C(=O)O[C@H]2C)cc1. The Bertz CT molecular complexity index is 1870. The van der Waals surface area contributed by atoms with Crippen LogP contribution in [0.4, 0.5) is 0 Å². The summed E-state index contributed by atoms with van der Waals surface area (Å²) in [6.07, 6.45) is -0.0263. The predicted molar refractivity (Wildman–Crippen MR) is 207 cm³/mol. The van der Waals surface area contributed by atoms with Gasteiger partial charge < -0.3 is 40.5 Å². The number of aliphatic hydroxyl groups is 1. The van der Waals surface area contributed by atoms with E-state index in [-0.39, 0.29) is 38.9 Å². The predicted octanol–water partition coefficient (Wildman–Crippen LogP) is 0.842. The monoisotopic (exact) mass is 786 g/mol. The molecule has 0 unspecified atom stereocenters. The molecule has 0 saturated carbocycles. The lowest BCUT2D eigenvalue weighted by Gasteiger charge is -2.39. The van der Waals surface area contributed by atoms with Gasteiger partial charge in [-0.05, 0) is 70.9 Å². The van der Waals surface area contributed by atoms with Crippen LogP contribution in [-0.2, 0) is 51.1 Å². The summed E-state index contributed by atoms with van der Waals surface area (Å²) >= 11 is 0. The van der Waals surface area contributed by atoms with Gasteiger partial charge in [-0.2, -0.15) is 0 Å². The molecule has 4 aliphatic rings. The molecule has 8 atom stereocenters. The van der Waals surface area contributed by atoms with Crippen molar-refractivity contribution in [1.82, 2.24) is 30.7 Å². The second-order valence-corrected chi connectivity index (χ2v) is 16.0. The molecule has 2 aromatic carbocycles. The van der Waals surface area contributed by atoms with E-state index in [4.69, 9.17) is 4.74 Å². The van der Waals surface area contributed by atoms with Crippen molar-refractivity contribution in [2.45, 2.75) is 128 Å². The molecule has 57 heavy (non-hydrogen) atoms. The van der Waals surface area contributed by atoms with Crippen molar-refractivity contribution >= 4 is 41.4 Å². The number of amides is 6. The normalized spacial score (nSPS) is 27.8. The first-order valence-corrected chi connectivity index (χ1v) is 20.0. The van der Waals surface area contributed by atoms with E-state index >= 15 is 0 Å². The molecule has 0 aromatic heterocycles. The van der Waals surface area contributed by atoms with Gasteiger partial charge in [-0.15, -0.1) is 0 Å². The second-order valence-electron chi connectivity index (χ2n) is 16.0. The number of rotatable bonds is 7. The van der Waals surface area contributed by atoms with Crippen molar-refractivity contribution in [2.75, 3.05) is 19.6 Å². The summed E-state index contributed by atoms with van der Waals surface area (Å²) in [6, 6.07) is 8.08. The lowest BCUT2D eigenvalue weighted by Crippen LogP contribution is -2.63. The molecule has 0 radical (unpaired) electrons. The average Bonchev–Trinajstić information content (AvgIpc) is 3.83. The number of aliphatic hydroxyl groups excluding tert-OH is 1.